The number of alkyl halides is 3. The van der Waals surface area contributed by atoms with Crippen LogP contribution in [0.5, 0.6) is 0 Å². The molecular formula is C12H15BrF3N. The van der Waals surface area contributed by atoms with E-state index in [4.69, 9.17) is 0 Å². The zero-order chi connectivity index (χ0) is 13.1. The smallest absolute Gasteiger partial charge is 0.312 e. The van der Waals surface area contributed by atoms with Gasteiger partial charge in [0.25, 0.3) is 0 Å². The Labute approximate surface area is 108 Å². The Morgan fingerprint density at radius 1 is 1.29 bits per heavy atom. The number of benzene rings is 1. The average molecular weight is 310 g/mol. The summed E-state index contributed by atoms with van der Waals surface area (Å²) in [6, 6.07) is 4.24. The molecule has 0 atom stereocenters. The molecule has 96 valence electrons. The van der Waals surface area contributed by atoms with E-state index in [0.29, 0.717) is 16.9 Å². The molecule has 0 amide bonds. The molecule has 0 saturated carbocycles. The molecule has 0 saturated heterocycles. The first-order chi connectivity index (χ1) is 7.80. The molecule has 1 N–H and O–H groups in total. The fraction of sp³-hybridized carbons (Fsp3) is 0.500. The highest BCUT2D eigenvalue weighted by atomic mass is 79.9. The number of halogens is 4. The lowest BCUT2D eigenvalue weighted by atomic mass is 10.1. The van der Waals surface area contributed by atoms with Gasteiger partial charge in [0, 0.05) is 11.0 Å². The van der Waals surface area contributed by atoms with Crippen molar-refractivity contribution in [3.05, 3.63) is 33.8 Å². The number of hydrogen-bond donors (Lipinski definition) is 1. The van der Waals surface area contributed by atoms with Crippen LogP contribution in [-0.2, 0) is 12.7 Å². The molecule has 0 aliphatic rings. The van der Waals surface area contributed by atoms with Gasteiger partial charge in [-0.25, -0.2) is 0 Å². The molecule has 5 heteroatoms. The second-order valence-corrected chi connectivity index (χ2v) is 5.24. The Hall–Kier alpha value is -0.550. The fourth-order valence-electron chi connectivity index (χ4n) is 1.46. The monoisotopic (exact) mass is 309 g/mol. The predicted molar refractivity (Wildman–Crippen MR) is 65.7 cm³/mol. The Balaban J connectivity index is 2.84. The van der Waals surface area contributed by atoms with Crippen molar-refractivity contribution in [2.75, 3.05) is 6.54 Å². The van der Waals surface area contributed by atoms with E-state index < -0.39 is 11.7 Å². The van der Waals surface area contributed by atoms with Crippen molar-refractivity contribution < 1.29 is 13.2 Å². The highest BCUT2D eigenvalue weighted by Gasteiger charge is 2.33. The van der Waals surface area contributed by atoms with Gasteiger partial charge in [0.1, 0.15) is 0 Å². The normalized spacial score (nSPS) is 12.2. The molecule has 17 heavy (non-hydrogen) atoms. The highest BCUT2D eigenvalue weighted by molar-refractivity contribution is 9.10. The molecule has 0 aliphatic carbocycles. The molecule has 1 aromatic rings. The molecule has 0 spiro atoms. The second-order valence-electron chi connectivity index (χ2n) is 4.32. The number of nitrogens with one attached hydrogen (secondary N) is 1. The van der Waals surface area contributed by atoms with Crippen molar-refractivity contribution in [1.82, 2.24) is 5.32 Å². The van der Waals surface area contributed by atoms with E-state index in [1.807, 2.05) is 13.8 Å². The Morgan fingerprint density at radius 3 is 2.47 bits per heavy atom. The van der Waals surface area contributed by atoms with Gasteiger partial charge in [-0.3, -0.25) is 0 Å². The van der Waals surface area contributed by atoms with E-state index in [0.717, 1.165) is 6.07 Å². The molecule has 0 radical (unpaired) electrons. The Bertz CT molecular complexity index is 375. The first-order valence-corrected chi connectivity index (χ1v) is 6.16. The molecule has 0 aliphatic heterocycles. The quantitative estimate of drug-likeness (QED) is 0.878. The van der Waals surface area contributed by atoms with Crippen LogP contribution in [-0.4, -0.2) is 6.54 Å². The zero-order valence-electron chi connectivity index (χ0n) is 9.74. The molecule has 1 aromatic carbocycles. The van der Waals surface area contributed by atoms with Crippen LogP contribution in [0.15, 0.2) is 22.7 Å². The summed E-state index contributed by atoms with van der Waals surface area (Å²) in [6.07, 6.45) is -4.31. The van der Waals surface area contributed by atoms with Crippen LogP contribution in [0.4, 0.5) is 13.2 Å². The molecule has 0 bridgehead atoms. The minimum Gasteiger partial charge on any atom is -0.312 e. The maximum atomic E-state index is 12.8. The minimum absolute atomic E-state index is 0.236. The van der Waals surface area contributed by atoms with Crippen molar-refractivity contribution in [3.8, 4) is 0 Å². The van der Waals surface area contributed by atoms with Crippen molar-refractivity contribution in [2.24, 2.45) is 5.92 Å². The average Bonchev–Trinajstić information content (AvgIpc) is 2.18. The van der Waals surface area contributed by atoms with E-state index in [1.165, 1.54) is 6.07 Å². The van der Waals surface area contributed by atoms with Crippen LogP contribution in [0, 0.1) is 5.92 Å². The maximum absolute atomic E-state index is 12.8. The molecule has 1 rings (SSSR count). The Kier molecular flexibility index (Phi) is 5.01. The SMILES string of the molecule is CC(C)CNCc1ccc(Br)cc1C(F)(F)F. The lowest BCUT2D eigenvalue weighted by Gasteiger charge is -2.14. The topological polar surface area (TPSA) is 12.0 Å². The third kappa shape index (κ3) is 4.68. The van der Waals surface area contributed by atoms with E-state index in [1.54, 1.807) is 6.07 Å². The lowest BCUT2D eigenvalue weighted by molar-refractivity contribution is -0.138. The number of hydrogen-bond acceptors (Lipinski definition) is 1. The maximum Gasteiger partial charge on any atom is 0.416 e. The van der Waals surface area contributed by atoms with Crippen molar-refractivity contribution >= 4 is 15.9 Å². The van der Waals surface area contributed by atoms with Gasteiger partial charge in [-0.05, 0) is 30.2 Å². The van der Waals surface area contributed by atoms with Gasteiger partial charge in [-0.1, -0.05) is 35.8 Å². The molecule has 0 fully saturated rings. The molecule has 0 heterocycles. The molecule has 0 unspecified atom stereocenters. The van der Waals surface area contributed by atoms with Gasteiger partial charge in [-0.15, -0.1) is 0 Å². The first kappa shape index (κ1) is 14.5. The predicted octanol–water partition coefficient (Wildman–Crippen LogP) is 4.21. The third-order valence-electron chi connectivity index (χ3n) is 2.25. The van der Waals surface area contributed by atoms with Gasteiger partial charge in [-0.2, -0.15) is 13.2 Å². The van der Waals surface area contributed by atoms with Gasteiger partial charge < -0.3 is 5.32 Å². The first-order valence-electron chi connectivity index (χ1n) is 5.37. The van der Waals surface area contributed by atoms with Crippen LogP contribution in [0.25, 0.3) is 0 Å². The summed E-state index contributed by atoms with van der Waals surface area (Å²) in [6.45, 7) is 4.96. The molecule has 1 nitrogen and oxygen atoms in total. The summed E-state index contributed by atoms with van der Waals surface area (Å²) < 4.78 is 38.7. The summed E-state index contributed by atoms with van der Waals surface area (Å²) in [4.78, 5) is 0. The fourth-order valence-corrected chi connectivity index (χ4v) is 1.82. The second kappa shape index (κ2) is 5.87. The van der Waals surface area contributed by atoms with Crippen molar-refractivity contribution in [3.63, 3.8) is 0 Å². The molecular weight excluding hydrogens is 295 g/mol. The molecule has 0 aromatic heterocycles. The summed E-state index contributed by atoms with van der Waals surface area (Å²) >= 11 is 3.06. The van der Waals surface area contributed by atoms with Crippen LogP contribution >= 0.6 is 15.9 Å². The largest absolute Gasteiger partial charge is 0.416 e. The minimum atomic E-state index is -4.31. The van der Waals surface area contributed by atoms with Gasteiger partial charge in [0.15, 0.2) is 0 Å². The zero-order valence-corrected chi connectivity index (χ0v) is 11.3. The third-order valence-corrected chi connectivity index (χ3v) is 2.74. The van der Waals surface area contributed by atoms with Crippen LogP contribution in [0.1, 0.15) is 25.0 Å². The van der Waals surface area contributed by atoms with Gasteiger partial charge >= 0.3 is 6.18 Å². The standard InChI is InChI=1S/C12H15BrF3N/c1-8(2)6-17-7-9-3-4-10(13)5-11(9)12(14,15)16/h3-5,8,17H,6-7H2,1-2H3. The van der Waals surface area contributed by atoms with E-state index >= 15 is 0 Å². The Morgan fingerprint density at radius 2 is 1.94 bits per heavy atom. The highest BCUT2D eigenvalue weighted by Crippen LogP contribution is 2.33. The lowest BCUT2D eigenvalue weighted by Crippen LogP contribution is -2.21. The van der Waals surface area contributed by atoms with E-state index in [2.05, 4.69) is 21.2 Å². The van der Waals surface area contributed by atoms with Crippen LogP contribution in [0.3, 0.4) is 0 Å². The van der Waals surface area contributed by atoms with E-state index in [-0.39, 0.29) is 12.1 Å². The van der Waals surface area contributed by atoms with Crippen LogP contribution in [0.2, 0.25) is 0 Å². The summed E-state index contributed by atoms with van der Waals surface area (Å²) in [7, 11) is 0. The van der Waals surface area contributed by atoms with E-state index in [9.17, 15) is 13.2 Å². The summed E-state index contributed by atoms with van der Waals surface area (Å²) in [5.41, 5.74) is -0.301. The van der Waals surface area contributed by atoms with Crippen molar-refractivity contribution in [1.29, 1.82) is 0 Å². The summed E-state index contributed by atoms with van der Waals surface area (Å²) in [5, 5.41) is 3.02. The van der Waals surface area contributed by atoms with Gasteiger partial charge in [0.05, 0.1) is 5.56 Å². The number of rotatable bonds is 4. The van der Waals surface area contributed by atoms with Gasteiger partial charge in [0.2, 0.25) is 0 Å². The van der Waals surface area contributed by atoms with Crippen LogP contribution < -0.4 is 5.32 Å². The van der Waals surface area contributed by atoms with Crippen molar-refractivity contribution in [2.45, 2.75) is 26.6 Å². The summed E-state index contributed by atoms with van der Waals surface area (Å²) in [5.74, 6) is 0.416.